The lowest BCUT2D eigenvalue weighted by molar-refractivity contribution is -0.173. The third-order valence-electron chi connectivity index (χ3n) is 2.17. The van der Waals surface area contributed by atoms with E-state index in [1.54, 1.807) is 11.8 Å². The van der Waals surface area contributed by atoms with E-state index < -0.39 is 12.8 Å². The van der Waals surface area contributed by atoms with Crippen molar-refractivity contribution in [3.63, 3.8) is 0 Å². The molecule has 0 aliphatic heterocycles. The minimum atomic E-state index is -4.32. The summed E-state index contributed by atoms with van der Waals surface area (Å²) in [6.45, 7) is -1.39. The molecule has 0 aliphatic carbocycles. The Morgan fingerprint density at radius 3 is 2.84 bits per heavy atom. The number of nitrogens with zero attached hydrogens (tertiary/aromatic N) is 2. The number of halogens is 3. The maximum Gasteiger partial charge on any atom is 0.411 e. The van der Waals surface area contributed by atoms with Crippen LogP contribution in [0.4, 0.5) is 13.2 Å². The fourth-order valence-electron chi connectivity index (χ4n) is 1.24. The van der Waals surface area contributed by atoms with Crippen LogP contribution in [0.3, 0.4) is 0 Å². The monoisotopic (exact) mass is 299 g/mol. The molecule has 1 aromatic rings. The van der Waals surface area contributed by atoms with E-state index in [1.807, 2.05) is 6.26 Å². The summed E-state index contributed by atoms with van der Waals surface area (Å²) in [4.78, 5) is 4.02. The van der Waals surface area contributed by atoms with Gasteiger partial charge in [-0.25, -0.2) is 0 Å². The van der Waals surface area contributed by atoms with Crippen molar-refractivity contribution in [2.45, 2.75) is 25.1 Å². The molecule has 19 heavy (non-hydrogen) atoms. The fourth-order valence-corrected chi connectivity index (χ4v) is 1.73. The van der Waals surface area contributed by atoms with Crippen molar-refractivity contribution in [2.24, 2.45) is 5.73 Å². The van der Waals surface area contributed by atoms with Gasteiger partial charge in [0, 0.05) is 6.42 Å². The number of hydrogen-bond donors (Lipinski definition) is 1. The van der Waals surface area contributed by atoms with Crippen LogP contribution in [0.1, 0.15) is 24.2 Å². The molecule has 0 saturated heterocycles. The fraction of sp³-hybridized carbons (Fsp3) is 0.800. The highest BCUT2D eigenvalue weighted by Gasteiger charge is 2.27. The van der Waals surface area contributed by atoms with Gasteiger partial charge in [-0.15, -0.1) is 0 Å². The zero-order valence-corrected chi connectivity index (χ0v) is 11.3. The minimum absolute atomic E-state index is 0.113. The van der Waals surface area contributed by atoms with Crippen molar-refractivity contribution in [1.29, 1.82) is 0 Å². The second-order valence-electron chi connectivity index (χ2n) is 3.85. The Bertz CT molecular complexity index is 373. The molecule has 1 rings (SSSR count). The third-order valence-corrected chi connectivity index (χ3v) is 2.81. The van der Waals surface area contributed by atoms with Crippen LogP contribution >= 0.6 is 11.8 Å². The number of thioether (sulfide) groups is 1. The Kier molecular flexibility index (Phi) is 6.59. The van der Waals surface area contributed by atoms with Crippen molar-refractivity contribution < 1.29 is 22.4 Å². The average Bonchev–Trinajstić information content (AvgIpc) is 2.79. The van der Waals surface area contributed by atoms with Gasteiger partial charge in [0.05, 0.1) is 12.6 Å². The molecule has 1 unspecified atom stereocenters. The van der Waals surface area contributed by atoms with Crippen molar-refractivity contribution in [3.05, 3.63) is 11.7 Å². The van der Waals surface area contributed by atoms with Crippen LogP contribution in [0, 0.1) is 0 Å². The molecule has 0 spiro atoms. The van der Waals surface area contributed by atoms with Gasteiger partial charge >= 0.3 is 6.18 Å². The summed E-state index contributed by atoms with van der Waals surface area (Å²) in [5.41, 5.74) is 5.82. The van der Waals surface area contributed by atoms with Crippen molar-refractivity contribution >= 4 is 11.8 Å². The standard InChI is InChI=1S/C10H16F3N3O2S/c1-19-5-3-7(14)9-15-8(16-18-9)2-4-17-6-10(11,12)13/h7H,2-6,14H2,1H3. The summed E-state index contributed by atoms with van der Waals surface area (Å²) < 4.78 is 44.9. The van der Waals surface area contributed by atoms with Crippen molar-refractivity contribution in [2.75, 3.05) is 25.2 Å². The summed E-state index contributed by atoms with van der Waals surface area (Å²) in [7, 11) is 0. The predicted molar refractivity (Wildman–Crippen MR) is 64.8 cm³/mol. The van der Waals surface area contributed by atoms with E-state index >= 15 is 0 Å². The third kappa shape index (κ3) is 6.79. The molecule has 9 heteroatoms. The van der Waals surface area contributed by atoms with Gasteiger partial charge in [0.2, 0.25) is 5.89 Å². The van der Waals surface area contributed by atoms with Gasteiger partial charge in [-0.05, 0) is 18.4 Å². The second-order valence-corrected chi connectivity index (χ2v) is 4.84. The zero-order valence-electron chi connectivity index (χ0n) is 10.4. The van der Waals surface area contributed by atoms with E-state index in [1.165, 1.54) is 0 Å². The Balaban J connectivity index is 2.30. The maximum absolute atomic E-state index is 11.8. The summed E-state index contributed by atoms with van der Waals surface area (Å²) in [6.07, 6.45) is -1.49. The quantitative estimate of drug-likeness (QED) is 0.740. The molecule has 0 aliphatic rings. The molecule has 0 radical (unpaired) electrons. The first-order chi connectivity index (χ1) is 8.92. The van der Waals surface area contributed by atoms with Gasteiger partial charge < -0.3 is 15.0 Å². The first kappa shape index (κ1) is 16.3. The number of alkyl halides is 3. The molecular formula is C10H16F3N3O2S. The minimum Gasteiger partial charge on any atom is -0.372 e. The van der Waals surface area contributed by atoms with Gasteiger partial charge in [0.15, 0.2) is 5.82 Å². The van der Waals surface area contributed by atoms with Gasteiger partial charge in [0.25, 0.3) is 0 Å². The van der Waals surface area contributed by atoms with Gasteiger partial charge in [-0.3, -0.25) is 0 Å². The van der Waals surface area contributed by atoms with Gasteiger partial charge in [-0.1, -0.05) is 5.16 Å². The molecule has 0 bridgehead atoms. The first-order valence-electron chi connectivity index (χ1n) is 5.64. The Hall–Kier alpha value is -0.800. The predicted octanol–water partition coefficient (Wildman–Crippen LogP) is 1.94. The Morgan fingerprint density at radius 1 is 1.47 bits per heavy atom. The van der Waals surface area contributed by atoms with Gasteiger partial charge in [-0.2, -0.15) is 29.9 Å². The van der Waals surface area contributed by atoms with Crippen LogP contribution in [-0.4, -0.2) is 41.5 Å². The van der Waals surface area contributed by atoms with Crippen LogP contribution < -0.4 is 5.73 Å². The highest BCUT2D eigenvalue weighted by Crippen LogP contribution is 2.15. The molecule has 1 atom stereocenters. The van der Waals surface area contributed by atoms with Gasteiger partial charge in [0.1, 0.15) is 6.61 Å². The lowest BCUT2D eigenvalue weighted by Gasteiger charge is -2.05. The highest BCUT2D eigenvalue weighted by molar-refractivity contribution is 7.98. The zero-order chi connectivity index (χ0) is 14.3. The SMILES string of the molecule is CSCCC(N)c1nc(CCOCC(F)(F)F)no1. The molecule has 0 saturated carbocycles. The number of hydrogen-bond acceptors (Lipinski definition) is 6. The van der Waals surface area contributed by atoms with Crippen LogP contribution in [0.25, 0.3) is 0 Å². The smallest absolute Gasteiger partial charge is 0.372 e. The van der Waals surface area contributed by atoms with E-state index in [0.717, 1.165) is 5.75 Å². The normalized spacial score (nSPS) is 13.7. The highest BCUT2D eigenvalue weighted by atomic mass is 32.2. The molecule has 2 N–H and O–H groups in total. The number of rotatable bonds is 8. The van der Waals surface area contributed by atoms with E-state index in [0.29, 0.717) is 18.1 Å². The van der Waals surface area contributed by atoms with E-state index in [2.05, 4.69) is 14.9 Å². The van der Waals surface area contributed by atoms with E-state index in [9.17, 15) is 13.2 Å². The summed E-state index contributed by atoms with van der Waals surface area (Å²) in [5.74, 6) is 1.48. The second kappa shape index (κ2) is 7.71. The molecule has 1 heterocycles. The summed E-state index contributed by atoms with van der Waals surface area (Å²) in [5, 5.41) is 3.65. The topological polar surface area (TPSA) is 74.2 Å². The maximum atomic E-state index is 11.8. The number of nitrogens with two attached hydrogens (primary N) is 1. The molecule has 5 nitrogen and oxygen atoms in total. The molecule has 0 aromatic carbocycles. The lowest BCUT2D eigenvalue weighted by atomic mass is 10.2. The van der Waals surface area contributed by atoms with Crippen molar-refractivity contribution in [3.8, 4) is 0 Å². The molecule has 0 fully saturated rings. The molecule has 110 valence electrons. The largest absolute Gasteiger partial charge is 0.411 e. The number of ether oxygens (including phenoxy) is 1. The lowest BCUT2D eigenvalue weighted by Crippen LogP contribution is -2.18. The van der Waals surface area contributed by atoms with E-state index in [4.69, 9.17) is 10.3 Å². The summed E-state index contributed by atoms with van der Waals surface area (Å²) in [6, 6.07) is -0.343. The first-order valence-corrected chi connectivity index (χ1v) is 7.03. The van der Waals surface area contributed by atoms with Crippen molar-refractivity contribution in [1.82, 2.24) is 10.1 Å². The Morgan fingerprint density at radius 2 is 2.21 bits per heavy atom. The molecular weight excluding hydrogens is 283 g/mol. The average molecular weight is 299 g/mol. The van der Waals surface area contributed by atoms with Crippen LogP contribution in [0.2, 0.25) is 0 Å². The van der Waals surface area contributed by atoms with Crippen LogP contribution in [0.5, 0.6) is 0 Å². The molecule has 1 aromatic heterocycles. The Labute approximate surface area is 113 Å². The van der Waals surface area contributed by atoms with Crippen LogP contribution in [0.15, 0.2) is 4.52 Å². The molecule has 0 amide bonds. The van der Waals surface area contributed by atoms with E-state index in [-0.39, 0.29) is 19.1 Å². The number of aromatic nitrogens is 2. The summed E-state index contributed by atoms with van der Waals surface area (Å²) >= 11 is 1.65. The van der Waals surface area contributed by atoms with Crippen LogP contribution in [-0.2, 0) is 11.2 Å².